The second-order valence-electron chi connectivity index (χ2n) is 5.03. The largest absolute Gasteiger partial charge is 0.493 e. The lowest BCUT2D eigenvalue weighted by molar-refractivity contribution is 0.355. The van der Waals surface area contributed by atoms with Crippen LogP contribution in [0.2, 0.25) is 0 Å². The highest BCUT2D eigenvalue weighted by Crippen LogP contribution is 2.30. The number of aromatic amines is 1. The van der Waals surface area contributed by atoms with Gasteiger partial charge in [0.15, 0.2) is 11.5 Å². The van der Waals surface area contributed by atoms with Crippen molar-refractivity contribution in [3.63, 3.8) is 0 Å². The predicted molar refractivity (Wildman–Crippen MR) is 91.3 cm³/mol. The number of nitrogens with one attached hydrogen (secondary N) is 1. The first kappa shape index (κ1) is 14.7. The van der Waals surface area contributed by atoms with Crippen LogP contribution in [0.5, 0.6) is 11.5 Å². The lowest BCUT2D eigenvalue weighted by atomic mass is 10.0. The average Bonchev–Trinajstić information content (AvgIpc) is 3.03. The molecule has 1 heterocycles. The molecule has 0 saturated heterocycles. The molecule has 114 valence electrons. The van der Waals surface area contributed by atoms with Crippen LogP contribution in [0.4, 0.5) is 0 Å². The van der Waals surface area contributed by atoms with Crippen molar-refractivity contribution in [1.82, 2.24) is 4.98 Å². The van der Waals surface area contributed by atoms with Crippen LogP contribution >= 0.6 is 0 Å². The molecule has 1 aromatic heterocycles. The van der Waals surface area contributed by atoms with E-state index in [4.69, 9.17) is 9.47 Å². The van der Waals surface area contributed by atoms with Crippen molar-refractivity contribution >= 4 is 22.6 Å². The van der Waals surface area contributed by atoms with Crippen molar-refractivity contribution in [3.8, 4) is 17.6 Å². The van der Waals surface area contributed by atoms with Crippen LogP contribution in [-0.4, -0.2) is 19.2 Å². The van der Waals surface area contributed by atoms with Gasteiger partial charge in [-0.25, -0.2) is 0 Å². The third-order valence-corrected chi connectivity index (χ3v) is 3.72. The van der Waals surface area contributed by atoms with Gasteiger partial charge in [0, 0.05) is 22.7 Å². The normalized spacial score (nSPS) is 11.3. The summed E-state index contributed by atoms with van der Waals surface area (Å²) in [5.41, 5.74) is 3.37. The first-order valence-electron chi connectivity index (χ1n) is 7.17. The third-order valence-electron chi connectivity index (χ3n) is 3.72. The fraction of sp³-hybridized carbons (Fsp3) is 0.105. The summed E-state index contributed by atoms with van der Waals surface area (Å²) in [6.07, 6.45) is 3.71. The van der Waals surface area contributed by atoms with E-state index in [-0.39, 0.29) is 0 Å². The standard InChI is InChI=1S/C19H16N2O2/c1-22-18-8-7-13(10-19(18)23-2)9-14(11-20)16-12-21-17-6-4-3-5-15(16)17/h3-10,12,21H,1-2H3/b14-9+. The fourth-order valence-electron chi connectivity index (χ4n) is 2.57. The highest BCUT2D eigenvalue weighted by Gasteiger charge is 2.09. The molecule has 4 nitrogen and oxygen atoms in total. The van der Waals surface area contributed by atoms with E-state index in [9.17, 15) is 5.26 Å². The molecule has 0 fully saturated rings. The van der Waals surface area contributed by atoms with Gasteiger partial charge < -0.3 is 14.5 Å². The summed E-state index contributed by atoms with van der Waals surface area (Å²) in [4.78, 5) is 3.19. The molecule has 3 aromatic rings. The van der Waals surface area contributed by atoms with E-state index >= 15 is 0 Å². The highest BCUT2D eigenvalue weighted by atomic mass is 16.5. The second kappa shape index (κ2) is 6.29. The minimum atomic E-state index is 0.592. The molecule has 0 atom stereocenters. The summed E-state index contributed by atoms with van der Waals surface area (Å²) in [5.74, 6) is 1.30. The Labute approximate surface area is 134 Å². The second-order valence-corrected chi connectivity index (χ2v) is 5.03. The third kappa shape index (κ3) is 2.77. The average molecular weight is 304 g/mol. The van der Waals surface area contributed by atoms with Crippen molar-refractivity contribution in [3.05, 3.63) is 59.8 Å². The number of nitrogens with zero attached hydrogens (tertiary/aromatic N) is 1. The Hall–Kier alpha value is -3.19. The number of ether oxygens (including phenoxy) is 2. The number of allylic oxidation sites excluding steroid dienone is 1. The molecule has 23 heavy (non-hydrogen) atoms. The van der Waals surface area contributed by atoms with Gasteiger partial charge in [0.05, 0.1) is 25.9 Å². The predicted octanol–water partition coefficient (Wildman–Crippen LogP) is 4.25. The zero-order valence-corrected chi connectivity index (χ0v) is 13.0. The van der Waals surface area contributed by atoms with Gasteiger partial charge >= 0.3 is 0 Å². The van der Waals surface area contributed by atoms with Gasteiger partial charge in [0.1, 0.15) is 0 Å². The van der Waals surface area contributed by atoms with Crippen LogP contribution < -0.4 is 9.47 Å². The molecule has 0 unspecified atom stereocenters. The van der Waals surface area contributed by atoms with Crippen LogP contribution in [0.15, 0.2) is 48.7 Å². The number of methoxy groups -OCH3 is 2. The Morgan fingerprint density at radius 2 is 1.87 bits per heavy atom. The van der Waals surface area contributed by atoms with Crippen LogP contribution in [0, 0.1) is 11.3 Å². The topological polar surface area (TPSA) is 58.0 Å². The van der Waals surface area contributed by atoms with Gasteiger partial charge in [-0.3, -0.25) is 0 Å². The van der Waals surface area contributed by atoms with E-state index < -0.39 is 0 Å². The molecular formula is C19H16N2O2. The molecular weight excluding hydrogens is 288 g/mol. The zero-order chi connectivity index (χ0) is 16.2. The number of benzene rings is 2. The van der Waals surface area contributed by atoms with Crippen molar-refractivity contribution in [2.24, 2.45) is 0 Å². The van der Waals surface area contributed by atoms with E-state index in [0.717, 1.165) is 22.0 Å². The number of nitriles is 1. The Bertz CT molecular complexity index is 917. The molecule has 0 aliphatic heterocycles. The van der Waals surface area contributed by atoms with Crippen molar-refractivity contribution in [2.45, 2.75) is 0 Å². The van der Waals surface area contributed by atoms with E-state index in [1.807, 2.05) is 54.7 Å². The summed E-state index contributed by atoms with van der Waals surface area (Å²) in [6, 6.07) is 15.8. The number of aromatic nitrogens is 1. The maximum absolute atomic E-state index is 9.56. The summed E-state index contributed by atoms with van der Waals surface area (Å²) in [7, 11) is 3.19. The SMILES string of the molecule is COc1ccc(/C=C(\C#N)c2c[nH]c3ccccc23)cc1OC. The van der Waals surface area contributed by atoms with E-state index in [1.165, 1.54) is 0 Å². The van der Waals surface area contributed by atoms with Gasteiger partial charge in [0.25, 0.3) is 0 Å². The van der Waals surface area contributed by atoms with E-state index in [1.54, 1.807) is 14.2 Å². The Kier molecular flexibility index (Phi) is 4.03. The minimum absolute atomic E-state index is 0.592. The van der Waals surface area contributed by atoms with Gasteiger partial charge in [-0.05, 0) is 29.8 Å². The number of fused-ring (bicyclic) bond motifs is 1. The van der Waals surface area contributed by atoms with Crippen LogP contribution in [0.3, 0.4) is 0 Å². The fourth-order valence-corrected chi connectivity index (χ4v) is 2.57. The summed E-state index contributed by atoms with van der Waals surface area (Å²) in [6.45, 7) is 0. The molecule has 0 saturated carbocycles. The highest BCUT2D eigenvalue weighted by molar-refractivity contribution is 6.01. The molecule has 0 amide bonds. The molecule has 1 N–H and O–H groups in total. The molecule has 2 aromatic carbocycles. The maximum Gasteiger partial charge on any atom is 0.161 e. The number of hydrogen-bond donors (Lipinski definition) is 1. The van der Waals surface area contributed by atoms with Gasteiger partial charge in [-0.1, -0.05) is 24.3 Å². The number of hydrogen-bond acceptors (Lipinski definition) is 3. The molecule has 4 heteroatoms. The quantitative estimate of drug-likeness (QED) is 0.733. The van der Waals surface area contributed by atoms with Crippen LogP contribution in [0.25, 0.3) is 22.6 Å². The van der Waals surface area contributed by atoms with Crippen LogP contribution in [0.1, 0.15) is 11.1 Å². The van der Waals surface area contributed by atoms with Crippen molar-refractivity contribution in [2.75, 3.05) is 14.2 Å². The first-order chi connectivity index (χ1) is 11.3. The summed E-state index contributed by atoms with van der Waals surface area (Å²) in [5, 5.41) is 10.6. The lowest BCUT2D eigenvalue weighted by Crippen LogP contribution is -1.90. The summed E-state index contributed by atoms with van der Waals surface area (Å²) < 4.78 is 10.5. The maximum atomic E-state index is 9.56. The molecule has 3 rings (SSSR count). The molecule has 0 aliphatic carbocycles. The molecule has 0 aliphatic rings. The lowest BCUT2D eigenvalue weighted by Gasteiger charge is -2.08. The van der Waals surface area contributed by atoms with Gasteiger partial charge in [0.2, 0.25) is 0 Å². The molecule has 0 bridgehead atoms. The summed E-state index contributed by atoms with van der Waals surface area (Å²) >= 11 is 0. The first-order valence-corrected chi connectivity index (χ1v) is 7.17. The minimum Gasteiger partial charge on any atom is -0.493 e. The van der Waals surface area contributed by atoms with Crippen LogP contribution in [-0.2, 0) is 0 Å². The van der Waals surface area contributed by atoms with Gasteiger partial charge in [-0.15, -0.1) is 0 Å². The van der Waals surface area contributed by atoms with Crippen molar-refractivity contribution in [1.29, 1.82) is 5.26 Å². The Morgan fingerprint density at radius 1 is 1.09 bits per heavy atom. The van der Waals surface area contributed by atoms with E-state index in [0.29, 0.717) is 17.1 Å². The Morgan fingerprint density at radius 3 is 2.61 bits per heavy atom. The monoisotopic (exact) mass is 304 g/mol. The molecule has 0 radical (unpaired) electrons. The number of H-pyrrole nitrogens is 1. The number of para-hydroxylation sites is 1. The van der Waals surface area contributed by atoms with Gasteiger partial charge in [-0.2, -0.15) is 5.26 Å². The van der Waals surface area contributed by atoms with Crippen molar-refractivity contribution < 1.29 is 9.47 Å². The zero-order valence-electron chi connectivity index (χ0n) is 13.0. The number of rotatable bonds is 4. The van der Waals surface area contributed by atoms with E-state index in [2.05, 4.69) is 11.1 Å². The molecule has 0 spiro atoms. The Balaban J connectivity index is 2.08. The smallest absolute Gasteiger partial charge is 0.161 e.